The van der Waals surface area contributed by atoms with Crippen LogP contribution in [-0.4, -0.2) is 37.7 Å². The van der Waals surface area contributed by atoms with Crippen molar-refractivity contribution in [2.75, 3.05) is 32.8 Å². The number of ether oxygens (including phenoxy) is 1. The Hall–Kier alpha value is 0.517. The molecule has 3 heteroatoms. The van der Waals surface area contributed by atoms with Crippen LogP contribution in [0.5, 0.6) is 0 Å². The molecule has 0 atom stereocenters. The summed E-state index contributed by atoms with van der Waals surface area (Å²) in [6.45, 7) is 7.58. The van der Waals surface area contributed by atoms with Crippen molar-refractivity contribution in [1.82, 2.24) is 4.90 Å². The Balaban J connectivity index is 0. The van der Waals surface area contributed by atoms with Crippen LogP contribution >= 0.6 is 0 Å². The molecule has 0 aromatic rings. The Bertz CT molecular complexity index is 76.1. The minimum atomic E-state index is 0. The van der Waals surface area contributed by atoms with Gasteiger partial charge in [-0.15, -0.1) is 0 Å². The largest absolute Gasteiger partial charge is 1.00 e. The van der Waals surface area contributed by atoms with E-state index in [2.05, 4.69) is 11.8 Å². The van der Waals surface area contributed by atoms with Crippen LogP contribution in [0.2, 0.25) is 0 Å². The summed E-state index contributed by atoms with van der Waals surface area (Å²) in [5.74, 6) is 0. The summed E-state index contributed by atoms with van der Waals surface area (Å²) in [5, 5.41) is 0. The molecule has 0 amide bonds. The summed E-state index contributed by atoms with van der Waals surface area (Å²) in [6.07, 6.45) is 1.26. The summed E-state index contributed by atoms with van der Waals surface area (Å²) in [6, 6.07) is 0. The van der Waals surface area contributed by atoms with Crippen molar-refractivity contribution in [3.8, 4) is 0 Å². The Labute approximate surface area is 76.6 Å². The fourth-order valence-corrected chi connectivity index (χ4v) is 1.14. The van der Waals surface area contributed by atoms with Gasteiger partial charge in [-0.25, -0.2) is 0 Å². The minimum Gasteiger partial charge on any atom is -1.00 e. The van der Waals surface area contributed by atoms with E-state index in [1.54, 1.807) is 0 Å². The standard InChI is InChI=1S/C7H15NO.Li.H/c1-2-3-8-4-6-9-7-5-8;;/h2-7H2,1H3;;/q;+1;-1. The average Bonchev–Trinajstić information content (AvgIpc) is 1.91. The van der Waals surface area contributed by atoms with Gasteiger partial charge >= 0.3 is 18.9 Å². The number of morpholine rings is 1. The molecule has 0 bridgehead atoms. The Morgan fingerprint density at radius 1 is 1.40 bits per heavy atom. The topological polar surface area (TPSA) is 12.5 Å². The van der Waals surface area contributed by atoms with Crippen molar-refractivity contribution in [2.45, 2.75) is 13.3 Å². The van der Waals surface area contributed by atoms with Gasteiger partial charge in [-0.1, -0.05) is 6.92 Å². The van der Waals surface area contributed by atoms with E-state index in [4.69, 9.17) is 4.74 Å². The van der Waals surface area contributed by atoms with Gasteiger partial charge in [0.25, 0.3) is 0 Å². The van der Waals surface area contributed by atoms with Gasteiger partial charge in [0.1, 0.15) is 0 Å². The van der Waals surface area contributed by atoms with Crippen LogP contribution in [-0.2, 0) is 4.74 Å². The quantitative estimate of drug-likeness (QED) is 0.402. The molecular weight excluding hydrogens is 121 g/mol. The van der Waals surface area contributed by atoms with E-state index in [-0.39, 0.29) is 20.3 Å². The van der Waals surface area contributed by atoms with Gasteiger partial charge in [-0.05, 0) is 13.0 Å². The second-order valence-electron chi connectivity index (χ2n) is 2.45. The van der Waals surface area contributed by atoms with E-state index in [9.17, 15) is 0 Å². The predicted molar refractivity (Wildman–Crippen MR) is 38.7 cm³/mol. The van der Waals surface area contributed by atoms with Crippen molar-refractivity contribution in [1.29, 1.82) is 0 Å². The first-order chi connectivity index (χ1) is 4.43. The first-order valence-corrected chi connectivity index (χ1v) is 3.73. The fourth-order valence-electron chi connectivity index (χ4n) is 1.14. The zero-order valence-corrected chi connectivity index (χ0v) is 7.10. The van der Waals surface area contributed by atoms with Crippen LogP contribution in [0.1, 0.15) is 14.8 Å². The third kappa shape index (κ3) is 3.63. The summed E-state index contributed by atoms with van der Waals surface area (Å²) >= 11 is 0. The Kier molecular flexibility index (Phi) is 6.56. The first-order valence-electron chi connectivity index (χ1n) is 3.73. The molecule has 1 rings (SSSR count). The predicted octanol–water partition coefficient (Wildman–Crippen LogP) is -2.15. The molecule has 0 aliphatic carbocycles. The van der Waals surface area contributed by atoms with E-state index >= 15 is 0 Å². The maximum atomic E-state index is 5.20. The number of hydrogen-bond acceptors (Lipinski definition) is 2. The number of rotatable bonds is 2. The summed E-state index contributed by atoms with van der Waals surface area (Å²) < 4.78 is 5.20. The zero-order valence-electron chi connectivity index (χ0n) is 8.10. The summed E-state index contributed by atoms with van der Waals surface area (Å²) in [7, 11) is 0. The third-order valence-electron chi connectivity index (χ3n) is 1.64. The summed E-state index contributed by atoms with van der Waals surface area (Å²) in [5.41, 5.74) is 0. The minimum absolute atomic E-state index is 0. The van der Waals surface area contributed by atoms with Crippen molar-refractivity contribution >= 4 is 0 Å². The van der Waals surface area contributed by atoms with Gasteiger partial charge in [0.2, 0.25) is 0 Å². The van der Waals surface area contributed by atoms with Crippen molar-refractivity contribution in [3.05, 3.63) is 0 Å². The fraction of sp³-hybridized carbons (Fsp3) is 1.00. The molecule has 1 saturated heterocycles. The van der Waals surface area contributed by atoms with Gasteiger partial charge in [0.05, 0.1) is 13.2 Å². The van der Waals surface area contributed by atoms with E-state index < -0.39 is 0 Å². The second kappa shape index (κ2) is 6.24. The molecule has 1 heterocycles. The molecule has 1 aliphatic heterocycles. The zero-order chi connectivity index (χ0) is 6.53. The molecule has 1 aliphatic rings. The van der Waals surface area contributed by atoms with Crippen LogP contribution in [0.4, 0.5) is 0 Å². The van der Waals surface area contributed by atoms with Crippen molar-refractivity contribution in [3.63, 3.8) is 0 Å². The van der Waals surface area contributed by atoms with Crippen molar-refractivity contribution < 1.29 is 25.0 Å². The van der Waals surface area contributed by atoms with Gasteiger partial charge in [-0.3, -0.25) is 4.90 Å². The molecule has 0 unspecified atom stereocenters. The Morgan fingerprint density at radius 2 is 2.00 bits per heavy atom. The molecule has 56 valence electrons. The van der Waals surface area contributed by atoms with E-state index in [0.29, 0.717) is 0 Å². The van der Waals surface area contributed by atoms with E-state index in [0.717, 1.165) is 26.3 Å². The number of hydrogen-bond donors (Lipinski definition) is 0. The molecule has 0 saturated carbocycles. The van der Waals surface area contributed by atoms with Crippen LogP contribution in [0.3, 0.4) is 0 Å². The third-order valence-corrected chi connectivity index (χ3v) is 1.64. The molecule has 10 heavy (non-hydrogen) atoms. The van der Waals surface area contributed by atoms with Gasteiger partial charge < -0.3 is 6.16 Å². The van der Waals surface area contributed by atoms with E-state index in [1.807, 2.05) is 0 Å². The SMILES string of the molecule is CCCN1CCOCC1.[H-].[Li+]. The van der Waals surface area contributed by atoms with Gasteiger partial charge in [0, 0.05) is 13.1 Å². The van der Waals surface area contributed by atoms with Crippen LogP contribution in [0.25, 0.3) is 0 Å². The van der Waals surface area contributed by atoms with Crippen molar-refractivity contribution in [2.24, 2.45) is 0 Å². The maximum Gasteiger partial charge on any atom is 1.00 e. The van der Waals surface area contributed by atoms with Crippen LogP contribution in [0.15, 0.2) is 0 Å². The van der Waals surface area contributed by atoms with Crippen LogP contribution in [0, 0.1) is 0 Å². The van der Waals surface area contributed by atoms with Crippen LogP contribution < -0.4 is 18.9 Å². The number of nitrogens with zero attached hydrogens (tertiary/aromatic N) is 1. The maximum absolute atomic E-state index is 5.20. The summed E-state index contributed by atoms with van der Waals surface area (Å²) in [4.78, 5) is 2.45. The van der Waals surface area contributed by atoms with Gasteiger partial charge in [-0.2, -0.15) is 0 Å². The average molecular weight is 137 g/mol. The molecule has 0 N–H and O–H groups in total. The normalized spacial score (nSPS) is 20.1. The first kappa shape index (κ1) is 10.5. The molecule has 0 spiro atoms. The molecule has 0 aromatic heterocycles. The second-order valence-corrected chi connectivity index (χ2v) is 2.45. The Morgan fingerprint density at radius 3 is 2.50 bits per heavy atom. The molecule has 0 aromatic carbocycles. The van der Waals surface area contributed by atoms with E-state index in [1.165, 1.54) is 13.0 Å². The monoisotopic (exact) mass is 137 g/mol. The van der Waals surface area contributed by atoms with Gasteiger partial charge in [0.15, 0.2) is 0 Å². The molecule has 1 fully saturated rings. The molecular formula is C7H16LiNO. The smallest absolute Gasteiger partial charge is 1.00 e. The molecule has 2 nitrogen and oxygen atoms in total. The molecule has 0 radical (unpaired) electrons.